The molecule has 1 heterocycles. The number of benzene rings is 1. The van der Waals surface area contributed by atoms with Gasteiger partial charge in [-0.3, -0.25) is 0 Å². The lowest BCUT2D eigenvalue weighted by molar-refractivity contribution is 0.908. The topological polar surface area (TPSA) is 37.8 Å². The van der Waals surface area contributed by atoms with Crippen LogP contribution in [0, 0.1) is 0 Å². The van der Waals surface area contributed by atoms with Gasteiger partial charge >= 0.3 is 0 Å². The first kappa shape index (κ1) is 13.6. The van der Waals surface area contributed by atoms with E-state index >= 15 is 0 Å². The van der Waals surface area contributed by atoms with Gasteiger partial charge in [0.1, 0.15) is 16.2 Å². The third kappa shape index (κ3) is 3.18. The molecule has 0 atom stereocenters. The Hall–Kier alpha value is -1.42. The van der Waals surface area contributed by atoms with Gasteiger partial charge in [-0.1, -0.05) is 31.2 Å². The molecule has 3 rings (SSSR count). The summed E-state index contributed by atoms with van der Waals surface area (Å²) in [6.45, 7) is 2.99. The minimum atomic E-state index is 0.566. The number of anilines is 1. The first-order valence-electron chi connectivity index (χ1n) is 7.11. The fourth-order valence-electron chi connectivity index (χ4n) is 2.31. The molecule has 3 nitrogen and oxygen atoms in total. The van der Waals surface area contributed by atoms with Crippen molar-refractivity contribution < 1.29 is 0 Å². The second-order valence-corrected chi connectivity index (χ2v) is 6.00. The highest BCUT2D eigenvalue weighted by Gasteiger charge is 2.27. The van der Waals surface area contributed by atoms with Crippen LogP contribution in [0.2, 0.25) is 0 Å². The Kier molecular flexibility index (Phi) is 4.01. The van der Waals surface area contributed by atoms with Crippen molar-refractivity contribution in [2.45, 2.75) is 38.6 Å². The van der Waals surface area contributed by atoms with Crippen molar-refractivity contribution in [3.63, 3.8) is 0 Å². The molecule has 20 heavy (non-hydrogen) atoms. The van der Waals surface area contributed by atoms with E-state index in [-0.39, 0.29) is 0 Å². The first-order chi connectivity index (χ1) is 9.76. The molecule has 1 fully saturated rings. The Labute approximate surface area is 128 Å². The van der Waals surface area contributed by atoms with E-state index in [1.165, 1.54) is 24.0 Å². The third-order valence-corrected chi connectivity index (χ3v) is 4.02. The molecule has 0 aliphatic heterocycles. The Morgan fingerprint density at radius 3 is 2.65 bits per heavy atom. The number of halogens is 1. The highest BCUT2D eigenvalue weighted by Crippen LogP contribution is 2.38. The summed E-state index contributed by atoms with van der Waals surface area (Å²) in [5, 5.41) is 3.42. The molecule has 0 unspecified atom stereocenters. The zero-order valence-corrected chi connectivity index (χ0v) is 13.2. The van der Waals surface area contributed by atoms with E-state index in [0.29, 0.717) is 5.92 Å². The second-order valence-electron chi connectivity index (χ2n) is 5.18. The van der Waals surface area contributed by atoms with E-state index in [1.807, 2.05) is 6.07 Å². The molecule has 1 aliphatic rings. The molecule has 0 saturated heterocycles. The quantitative estimate of drug-likeness (QED) is 0.830. The van der Waals surface area contributed by atoms with Crippen LogP contribution in [0.1, 0.15) is 42.6 Å². The summed E-state index contributed by atoms with van der Waals surface area (Å²) in [5.74, 6) is 2.43. The van der Waals surface area contributed by atoms with Crippen LogP contribution in [0.3, 0.4) is 0 Å². The summed E-state index contributed by atoms with van der Waals surface area (Å²) in [6.07, 6.45) is 3.49. The van der Waals surface area contributed by atoms with Gasteiger partial charge in [-0.05, 0) is 46.3 Å². The number of hydrogen-bond donors (Lipinski definition) is 1. The van der Waals surface area contributed by atoms with Crippen LogP contribution < -0.4 is 5.32 Å². The van der Waals surface area contributed by atoms with Crippen molar-refractivity contribution >= 4 is 21.7 Å². The smallest absolute Gasteiger partial charge is 0.135 e. The number of aryl methyl sites for hydroxylation is 1. The van der Waals surface area contributed by atoms with Crippen LogP contribution in [0.5, 0.6) is 0 Å². The maximum absolute atomic E-state index is 4.61. The summed E-state index contributed by atoms with van der Waals surface area (Å²) < 4.78 is 0.862. The molecule has 1 aromatic heterocycles. The molecule has 1 aromatic carbocycles. The van der Waals surface area contributed by atoms with Gasteiger partial charge in [-0.15, -0.1) is 0 Å². The standard InChI is InChI=1S/C16H18BrN3/c1-2-11-5-3-4-6-13(11)10-18-15-9-14(17)19-16(20-15)12-7-8-12/h3-6,9,12H,2,7-8,10H2,1H3,(H,18,19,20). The SMILES string of the molecule is CCc1ccccc1CNc1cc(Br)nc(C2CC2)n1. The van der Waals surface area contributed by atoms with Crippen molar-refractivity contribution in [2.75, 3.05) is 5.32 Å². The molecular formula is C16H18BrN3. The van der Waals surface area contributed by atoms with Crippen LogP contribution in [0.4, 0.5) is 5.82 Å². The van der Waals surface area contributed by atoms with Gasteiger partial charge in [-0.2, -0.15) is 0 Å². The maximum Gasteiger partial charge on any atom is 0.135 e. The molecule has 1 aliphatic carbocycles. The Morgan fingerprint density at radius 1 is 1.20 bits per heavy atom. The first-order valence-corrected chi connectivity index (χ1v) is 7.90. The average molecular weight is 332 g/mol. The van der Waals surface area contributed by atoms with Gasteiger partial charge in [0, 0.05) is 18.5 Å². The van der Waals surface area contributed by atoms with Crippen LogP contribution in [-0.2, 0) is 13.0 Å². The highest BCUT2D eigenvalue weighted by molar-refractivity contribution is 9.10. The summed E-state index contributed by atoms with van der Waals surface area (Å²) in [7, 11) is 0. The number of hydrogen-bond acceptors (Lipinski definition) is 3. The Morgan fingerprint density at radius 2 is 1.95 bits per heavy atom. The number of nitrogens with zero attached hydrogens (tertiary/aromatic N) is 2. The van der Waals surface area contributed by atoms with Crippen molar-refractivity contribution in [3.05, 3.63) is 51.9 Å². The lowest BCUT2D eigenvalue weighted by Crippen LogP contribution is -2.06. The Bertz CT molecular complexity index is 608. The van der Waals surface area contributed by atoms with Crippen molar-refractivity contribution in [3.8, 4) is 0 Å². The van der Waals surface area contributed by atoms with E-state index in [1.54, 1.807) is 0 Å². The van der Waals surface area contributed by atoms with Gasteiger partial charge in [0.15, 0.2) is 0 Å². The maximum atomic E-state index is 4.61. The fourth-order valence-corrected chi connectivity index (χ4v) is 2.71. The van der Waals surface area contributed by atoms with E-state index in [0.717, 1.165) is 29.2 Å². The summed E-state index contributed by atoms with van der Waals surface area (Å²) in [5.41, 5.74) is 2.72. The number of nitrogens with one attached hydrogen (secondary N) is 1. The normalized spacial score (nSPS) is 14.3. The van der Waals surface area contributed by atoms with Crippen molar-refractivity contribution in [2.24, 2.45) is 0 Å². The minimum Gasteiger partial charge on any atom is -0.366 e. The van der Waals surface area contributed by atoms with Crippen LogP contribution in [0.15, 0.2) is 34.9 Å². The van der Waals surface area contributed by atoms with Crippen molar-refractivity contribution in [1.29, 1.82) is 0 Å². The number of aromatic nitrogens is 2. The molecule has 1 saturated carbocycles. The fraction of sp³-hybridized carbons (Fsp3) is 0.375. The molecule has 0 radical (unpaired) electrons. The molecule has 1 N–H and O–H groups in total. The van der Waals surface area contributed by atoms with Gasteiger partial charge < -0.3 is 5.32 Å². The van der Waals surface area contributed by atoms with Crippen LogP contribution in [0.25, 0.3) is 0 Å². The molecule has 4 heteroatoms. The van der Waals surface area contributed by atoms with Crippen molar-refractivity contribution in [1.82, 2.24) is 9.97 Å². The third-order valence-electron chi connectivity index (χ3n) is 3.61. The van der Waals surface area contributed by atoms with E-state index < -0.39 is 0 Å². The highest BCUT2D eigenvalue weighted by atomic mass is 79.9. The van der Waals surface area contributed by atoms with Crippen LogP contribution >= 0.6 is 15.9 Å². The average Bonchev–Trinajstić information content (AvgIpc) is 3.29. The van der Waals surface area contributed by atoms with Gasteiger partial charge in [0.05, 0.1) is 0 Å². The lowest BCUT2D eigenvalue weighted by atomic mass is 10.1. The zero-order chi connectivity index (χ0) is 13.9. The summed E-state index contributed by atoms with van der Waals surface area (Å²) in [4.78, 5) is 9.06. The molecular weight excluding hydrogens is 314 g/mol. The number of rotatable bonds is 5. The molecule has 0 bridgehead atoms. The van der Waals surface area contributed by atoms with E-state index in [9.17, 15) is 0 Å². The molecule has 2 aromatic rings. The Balaban J connectivity index is 1.74. The largest absolute Gasteiger partial charge is 0.366 e. The van der Waals surface area contributed by atoms with Crippen LogP contribution in [-0.4, -0.2) is 9.97 Å². The predicted molar refractivity (Wildman–Crippen MR) is 84.9 cm³/mol. The van der Waals surface area contributed by atoms with Gasteiger partial charge in [0.2, 0.25) is 0 Å². The molecule has 0 spiro atoms. The second kappa shape index (κ2) is 5.92. The monoisotopic (exact) mass is 331 g/mol. The minimum absolute atomic E-state index is 0.566. The lowest BCUT2D eigenvalue weighted by Gasteiger charge is -2.10. The van der Waals surface area contributed by atoms with E-state index in [4.69, 9.17) is 0 Å². The molecule has 104 valence electrons. The molecule has 0 amide bonds. The van der Waals surface area contributed by atoms with E-state index in [2.05, 4.69) is 62.4 Å². The van der Waals surface area contributed by atoms with Gasteiger partial charge in [-0.25, -0.2) is 9.97 Å². The summed E-state index contributed by atoms with van der Waals surface area (Å²) in [6, 6.07) is 10.5. The predicted octanol–water partition coefficient (Wildman–Crippen LogP) is 4.29. The zero-order valence-electron chi connectivity index (χ0n) is 11.6. The van der Waals surface area contributed by atoms with Gasteiger partial charge in [0.25, 0.3) is 0 Å². The summed E-state index contributed by atoms with van der Waals surface area (Å²) >= 11 is 3.47.